The predicted molar refractivity (Wildman–Crippen MR) is 84.5 cm³/mol. The lowest BCUT2D eigenvalue weighted by atomic mass is 10.2. The molecule has 0 aliphatic carbocycles. The summed E-state index contributed by atoms with van der Waals surface area (Å²) in [6.07, 6.45) is 4.02. The first-order valence-electron chi connectivity index (χ1n) is 7.56. The minimum atomic E-state index is -0.521. The minimum Gasteiger partial charge on any atom is -0.481 e. The van der Waals surface area contributed by atoms with Crippen LogP contribution in [-0.2, 0) is 11.3 Å². The number of nitrogens with zero attached hydrogens (tertiary/aromatic N) is 1. The van der Waals surface area contributed by atoms with E-state index in [1.165, 1.54) is 12.8 Å². The zero-order valence-corrected chi connectivity index (χ0v) is 13.2. The van der Waals surface area contributed by atoms with E-state index in [4.69, 9.17) is 22.1 Å². The molecule has 0 aromatic heterocycles. The maximum atomic E-state index is 12.5. The van der Waals surface area contributed by atoms with E-state index in [-0.39, 0.29) is 5.91 Å². The van der Waals surface area contributed by atoms with Crippen molar-refractivity contribution in [3.8, 4) is 5.75 Å². The second kappa shape index (κ2) is 7.66. The van der Waals surface area contributed by atoms with E-state index in [0.717, 1.165) is 31.5 Å². The van der Waals surface area contributed by atoms with Crippen molar-refractivity contribution in [2.24, 2.45) is 5.73 Å². The average molecular weight is 311 g/mol. The van der Waals surface area contributed by atoms with Gasteiger partial charge in [0.15, 0.2) is 6.10 Å². The van der Waals surface area contributed by atoms with Crippen molar-refractivity contribution < 1.29 is 9.53 Å². The van der Waals surface area contributed by atoms with Gasteiger partial charge in [0.25, 0.3) is 5.91 Å². The first-order chi connectivity index (χ1) is 10.1. The summed E-state index contributed by atoms with van der Waals surface area (Å²) in [6, 6.07) is 5.39. The van der Waals surface area contributed by atoms with Gasteiger partial charge in [-0.2, -0.15) is 0 Å². The molecule has 2 rings (SSSR count). The Morgan fingerprint density at radius 3 is 2.62 bits per heavy atom. The lowest BCUT2D eigenvalue weighted by Gasteiger charge is -2.25. The van der Waals surface area contributed by atoms with Crippen LogP contribution >= 0.6 is 11.6 Å². The Labute approximate surface area is 131 Å². The van der Waals surface area contributed by atoms with Crippen LogP contribution < -0.4 is 10.5 Å². The lowest BCUT2D eigenvalue weighted by molar-refractivity contribution is -0.137. The summed E-state index contributed by atoms with van der Waals surface area (Å²) in [6.45, 7) is 3.73. The first-order valence-corrected chi connectivity index (χ1v) is 7.94. The highest BCUT2D eigenvalue weighted by molar-refractivity contribution is 6.31. The quantitative estimate of drug-likeness (QED) is 0.930. The third-order valence-electron chi connectivity index (χ3n) is 3.85. The number of nitrogens with two attached hydrogens (primary N) is 1. The number of carbonyl (C=O) groups is 1. The molecule has 116 valence electrons. The summed E-state index contributed by atoms with van der Waals surface area (Å²) in [5, 5.41) is 0.574. The number of hydrogen-bond acceptors (Lipinski definition) is 3. The van der Waals surface area contributed by atoms with Crippen LogP contribution in [-0.4, -0.2) is 30.0 Å². The number of rotatable bonds is 4. The first kappa shape index (κ1) is 16.1. The van der Waals surface area contributed by atoms with Crippen molar-refractivity contribution in [3.63, 3.8) is 0 Å². The Balaban J connectivity index is 2.05. The van der Waals surface area contributed by atoms with Crippen molar-refractivity contribution >= 4 is 17.5 Å². The zero-order chi connectivity index (χ0) is 15.2. The maximum Gasteiger partial charge on any atom is 0.263 e. The molecule has 0 radical (unpaired) electrons. The van der Waals surface area contributed by atoms with E-state index < -0.39 is 6.10 Å². The number of likely N-dealkylation sites (tertiary alicyclic amines) is 1. The lowest BCUT2D eigenvalue weighted by Crippen LogP contribution is -2.41. The van der Waals surface area contributed by atoms with Gasteiger partial charge in [0, 0.05) is 30.2 Å². The van der Waals surface area contributed by atoms with Crippen LogP contribution in [0.1, 0.15) is 38.2 Å². The van der Waals surface area contributed by atoms with E-state index in [9.17, 15) is 4.79 Å². The van der Waals surface area contributed by atoms with Gasteiger partial charge in [-0.05, 0) is 31.9 Å². The normalized spacial score (nSPS) is 17.2. The standard InChI is InChI=1S/C16H23ClN2O2/c1-12(16(20)19-9-4-2-3-5-10-19)21-15-8-6-7-14(17)13(15)11-18/h6-8,12H,2-5,9-11,18H2,1H3. The number of hydrogen-bond donors (Lipinski definition) is 1. The number of carbonyl (C=O) groups excluding carboxylic acids is 1. The molecule has 0 bridgehead atoms. The van der Waals surface area contributed by atoms with Gasteiger partial charge < -0.3 is 15.4 Å². The average Bonchev–Trinajstić information content (AvgIpc) is 2.75. The van der Waals surface area contributed by atoms with Gasteiger partial charge in [0.05, 0.1) is 0 Å². The molecule has 4 nitrogen and oxygen atoms in total. The van der Waals surface area contributed by atoms with Crippen molar-refractivity contribution in [1.29, 1.82) is 0 Å². The topological polar surface area (TPSA) is 55.6 Å². The SMILES string of the molecule is CC(Oc1cccc(Cl)c1CN)C(=O)N1CCCCCC1. The van der Waals surface area contributed by atoms with Crippen molar-refractivity contribution in [1.82, 2.24) is 4.90 Å². The zero-order valence-electron chi connectivity index (χ0n) is 12.5. The fraction of sp³-hybridized carbons (Fsp3) is 0.562. The maximum absolute atomic E-state index is 12.5. The van der Waals surface area contributed by atoms with E-state index in [0.29, 0.717) is 17.3 Å². The Kier molecular flexibility index (Phi) is 5.88. The van der Waals surface area contributed by atoms with Crippen molar-refractivity contribution in [2.75, 3.05) is 13.1 Å². The molecule has 1 heterocycles. The van der Waals surface area contributed by atoms with E-state index >= 15 is 0 Å². The Morgan fingerprint density at radius 1 is 1.33 bits per heavy atom. The molecule has 21 heavy (non-hydrogen) atoms. The van der Waals surface area contributed by atoms with E-state index in [1.807, 2.05) is 4.90 Å². The van der Waals surface area contributed by atoms with Crippen LogP contribution in [0, 0.1) is 0 Å². The molecular formula is C16H23ClN2O2. The van der Waals surface area contributed by atoms with Gasteiger partial charge in [-0.25, -0.2) is 0 Å². The van der Waals surface area contributed by atoms with Crippen LogP contribution in [0.25, 0.3) is 0 Å². The summed E-state index contributed by atoms with van der Waals surface area (Å²) < 4.78 is 5.82. The Bertz CT molecular complexity index is 485. The van der Waals surface area contributed by atoms with Gasteiger partial charge >= 0.3 is 0 Å². The van der Waals surface area contributed by atoms with Crippen LogP contribution in [0.3, 0.4) is 0 Å². The molecule has 1 amide bonds. The fourth-order valence-corrected chi connectivity index (χ4v) is 2.88. The number of amides is 1. The summed E-state index contributed by atoms with van der Waals surface area (Å²) in [4.78, 5) is 14.4. The van der Waals surface area contributed by atoms with Crippen molar-refractivity contribution in [2.45, 2.75) is 45.3 Å². The molecular weight excluding hydrogens is 288 g/mol. The monoisotopic (exact) mass is 310 g/mol. The molecule has 0 saturated carbocycles. The minimum absolute atomic E-state index is 0.0415. The smallest absolute Gasteiger partial charge is 0.263 e. The summed E-state index contributed by atoms with van der Waals surface area (Å²) in [5.74, 6) is 0.639. The number of ether oxygens (including phenoxy) is 1. The highest BCUT2D eigenvalue weighted by Gasteiger charge is 2.23. The van der Waals surface area contributed by atoms with E-state index in [2.05, 4.69) is 0 Å². The second-order valence-electron chi connectivity index (χ2n) is 5.42. The summed E-state index contributed by atoms with van der Waals surface area (Å²) in [5.41, 5.74) is 6.45. The molecule has 1 aliphatic heterocycles. The molecule has 1 aromatic rings. The second-order valence-corrected chi connectivity index (χ2v) is 5.83. The molecule has 1 aliphatic rings. The molecule has 1 aromatic carbocycles. The Morgan fingerprint density at radius 2 is 2.00 bits per heavy atom. The molecule has 0 spiro atoms. The number of halogens is 1. The molecule has 2 N–H and O–H groups in total. The molecule has 5 heteroatoms. The number of benzene rings is 1. The third-order valence-corrected chi connectivity index (χ3v) is 4.20. The molecule has 1 saturated heterocycles. The fourth-order valence-electron chi connectivity index (χ4n) is 2.64. The predicted octanol–water partition coefficient (Wildman–Crippen LogP) is 2.97. The largest absolute Gasteiger partial charge is 0.481 e. The van der Waals surface area contributed by atoms with Gasteiger partial charge in [0.1, 0.15) is 5.75 Å². The van der Waals surface area contributed by atoms with Gasteiger partial charge in [0.2, 0.25) is 0 Å². The van der Waals surface area contributed by atoms with Gasteiger partial charge in [-0.15, -0.1) is 0 Å². The van der Waals surface area contributed by atoms with Crippen LogP contribution in [0.15, 0.2) is 18.2 Å². The summed E-state index contributed by atoms with van der Waals surface area (Å²) >= 11 is 6.11. The van der Waals surface area contributed by atoms with Crippen LogP contribution in [0.5, 0.6) is 5.75 Å². The van der Waals surface area contributed by atoms with Gasteiger partial charge in [-0.3, -0.25) is 4.79 Å². The Hall–Kier alpha value is -1.26. The highest BCUT2D eigenvalue weighted by Crippen LogP contribution is 2.27. The summed E-state index contributed by atoms with van der Waals surface area (Å²) in [7, 11) is 0. The van der Waals surface area contributed by atoms with Crippen LogP contribution in [0.2, 0.25) is 5.02 Å². The molecule has 1 unspecified atom stereocenters. The third kappa shape index (κ3) is 4.11. The van der Waals surface area contributed by atoms with Gasteiger partial charge in [-0.1, -0.05) is 30.5 Å². The molecule has 1 atom stereocenters. The molecule has 1 fully saturated rings. The van der Waals surface area contributed by atoms with Crippen LogP contribution in [0.4, 0.5) is 0 Å². The highest BCUT2D eigenvalue weighted by atomic mass is 35.5. The van der Waals surface area contributed by atoms with Crippen molar-refractivity contribution in [3.05, 3.63) is 28.8 Å². The van der Waals surface area contributed by atoms with E-state index in [1.54, 1.807) is 25.1 Å².